The highest BCUT2D eigenvalue weighted by molar-refractivity contribution is 9.10. The molecule has 146 valence electrons. The molecule has 0 aliphatic rings. The SMILES string of the molecule is CCC(C)c1ccc(OCC(=O)Nc2cc(C(F)(F)F)ccc2Cl)c(Br)c1. The Labute approximate surface area is 169 Å². The fourth-order valence-corrected chi connectivity index (χ4v) is 2.98. The molecule has 0 aliphatic carbocycles. The van der Waals surface area contributed by atoms with Crippen LogP contribution in [-0.2, 0) is 11.0 Å². The van der Waals surface area contributed by atoms with E-state index in [9.17, 15) is 18.0 Å². The highest BCUT2D eigenvalue weighted by Gasteiger charge is 2.31. The molecular weight excluding hydrogens is 447 g/mol. The summed E-state index contributed by atoms with van der Waals surface area (Å²) in [6, 6.07) is 8.31. The molecule has 0 spiro atoms. The maximum atomic E-state index is 12.8. The fraction of sp³-hybridized carbons (Fsp3) is 0.316. The van der Waals surface area contributed by atoms with Gasteiger partial charge in [0, 0.05) is 0 Å². The zero-order chi connectivity index (χ0) is 20.2. The summed E-state index contributed by atoms with van der Waals surface area (Å²) in [5, 5.41) is 2.35. The first kappa shape index (κ1) is 21.6. The number of benzene rings is 2. The molecule has 8 heteroatoms. The standard InChI is InChI=1S/C19H18BrClF3NO2/c1-3-11(2)12-4-7-17(14(20)8-12)27-10-18(26)25-16-9-13(19(22,23)24)5-6-15(16)21/h4-9,11H,3,10H2,1-2H3,(H,25,26). The Morgan fingerprint density at radius 2 is 1.96 bits per heavy atom. The van der Waals surface area contributed by atoms with Gasteiger partial charge in [-0.2, -0.15) is 13.2 Å². The van der Waals surface area contributed by atoms with Crippen molar-refractivity contribution in [1.29, 1.82) is 0 Å². The second-order valence-electron chi connectivity index (χ2n) is 6.03. The molecule has 2 aromatic rings. The van der Waals surface area contributed by atoms with E-state index in [-0.39, 0.29) is 17.3 Å². The van der Waals surface area contributed by atoms with Gasteiger partial charge in [-0.3, -0.25) is 4.79 Å². The Hall–Kier alpha value is -1.73. The molecule has 0 bridgehead atoms. The average molecular weight is 465 g/mol. The second kappa shape index (κ2) is 8.97. The summed E-state index contributed by atoms with van der Waals surface area (Å²) in [5.41, 5.74) is 0.120. The molecule has 1 N–H and O–H groups in total. The summed E-state index contributed by atoms with van der Waals surface area (Å²) in [4.78, 5) is 12.0. The van der Waals surface area contributed by atoms with Crippen molar-refractivity contribution in [3.63, 3.8) is 0 Å². The van der Waals surface area contributed by atoms with Crippen LogP contribution in [0.15, 0.2) is 40.9 Å². The molecule has 0 fully saturated rings. The van der Waals surface area contributed by atoms with Crippen LogP contribution in [-0.4, -0.2) is 12.5 Å². The third kappa shape index (κ3) is 5.87. The summed E-state index contributed by atoms with van der Waals surface area (Å²) in [6.45, 7) is 3.83. The monoisotopic (exact) mass is 463 g/mol. The first-order valence-electron chi connectivity index (χ1n) is 8.20. The lowest BCUT2D eigenvalue weighted by Gasteiger charge is -2.14. The minimum Gasteiger partial charge on any atom is -0.483 e. The topological polar surface area (TPSA) is 38.3 Å². The van der Waals surface area contributed by atoms with Gasteiger partial charge in [0.1, 0.15) is 5.75 Å². The minimum absolute atomic E-state index is 0.00966. The lowest BCUT2D eigenvalue weighted by atomic mass is 9.99. The van der Waals surface area contributed by atoms with Crippen molar-refractivity contribution in [2.45, 2.75) is 32.4 Å². The largest absolute Gasteiger partial charge is 0.483 e. The van der Waals surface area contributed by atoms with E-state index in [1.165, 1.54) is 0 Å². The normalized spacial score (nSPS) is 12.6. The van der Waals surface area contributed by atoms with E-state index < -0.39 is 17.6 Å². The van der Waals surface area contributed by atoms with Crippen LogP contribution in [0.5, 0.6) is 5.75 Å². The van der Waals surface area contributed by atoms with Gasteiger partial charge in [0.2, 0.25) is 0 Å². The summed E-state index contributed by atoms with van der Waals surface area (Å²) >= 11 is 9.26. The van der Waals surface area contributed by atoms with Crippen LogP contribution in [0, 0.1) is 0 Å². The Kier molecular flexibility index (Phi) is 7.17. The van der Waals surface area contributed by atoms with E-state index in [1.807, 2.05) is 12.1 Å². The lowest BCUT2D eigenvalue weighted by Crippen LogP contribution is -2.21. The summed E-state index contributed by atoms with van der Waals surface area (Å²) < 4.78 is 44.5. The van der Waals surface area contributed by atoms with Gasteiger partial charge in [0.15, 0.2) is 6.61 Å². The number of hydrogen-bond acceptors (Lipinski definition) is 2. The van der Waals surface area contributed by atoms with E-state index in [4.69, 9.17) is 16.3 Å². The third-order valence-electron chi connectivity index (χ3n) is 4.06. The van der Waals surface area contributed by atoms with Crippen molar-refractivity contribution in [3.05, 3.63) is 57.0 Å². The number of nitrogens with one attached hydrogen (secondary N) is 1. The van der Waals surface area contributed by atoms with Gasteiger partial charge in [-0.05, 0) is 64.2 Å². The molecule has 0 aliphatic heterocycles. The quantitative estimate of drug-likeness (QED) is 0.519. The first-order valence-corrected chi connectivity index (χ1v) is 9.37. The summed E-state index contributed by atoms with van der Waals surface area (Å²) in [7, 11) is 0. The van der Waals surface area contributed by atoms with Gasteiger partial charge in [-0.15, -0.1) is 0 Å². The van der Waals surface area contributed by atoms with Gasteiger partial charge in [0.25, 0.3) is 5.91 Å². The van der Waals surface area contributed by atoms with E-state index in [2.05, 4.69) is 35.1 Å². The van der Waals surface area contributed by atoms with Gasteiger partial charge in [0.05, 0.1) is 20.7 Å². The molecule has 0 radical (unpaired) electrons. The van der Waals surface area contributed by atoms with Gasteiger partial charge >= 0.3 is 6.18 Å². The minimum atomic E-state index is -4.52. The summed E-state index contributed by atoms with van der Waals surface area (Å²) in [5.74, 6) is 0.239. The lowest BCUT2D eigenvalue weighted by molar-refractivity contribution is -0.137. The molecule has 2 rings (SSSR count). The Balaban J connectivity index is 2.03. The maximum Gasteiger partial charge on any atom is 0.416 e. The molecule has 0 aromatic heterocycles. The van der Waals surface area contributed by atoms with E-state index >= 15 is 0 Å². The predicted molar refractivity (Wildman–Crippen MR) is 103 cm³/mol. The number of carbonyl (C=O) groups is 1. The predicted octanol–water partition coefficient (Wildman–Crippen LogP) is 6.65. The number of amides is 1. The highest BCUT2D eigenvalue weighted by Crippen LogP contribution is 2.34. The third-order valence-corrected chi connectivity index (χ3v) is 5.01. The van der Waals surface area contributed by atoms with Crippen LogP contribution in [0.25, 0.3) is 0 Å². The number of anilines is 1. The van der Waals surface area contributed by atoms with Crippen LogP contribution >= 0.6 is 27.5 Å². The molecule has 1 amide bonds. The van der Waals surface area contributed by atoms with Crippen molar-refractivity contribution in [2.75, 3.05) is 11.9 Å². The first-order chi connectivity index (χ1) is 12.6. The molecule has 2 aromatic carbocycles. The fourth-order valence-electron chi connectivity index (χ4n) is 2.30. The van der Waals surface area contributed by atoms with Gasteiger partial charge in [-0.1, -0.05) is 31.5 Å². The number of ether oxygens (including phenoxy) is 1. The van der Waals surface area contributed by atoms with Crippen molar-refractivity contribution in [3.8, 4) is 5.75 Å². The van der Waals surface area contributed by atoms with Crippen LogP contribution in [0.3, 0.4) is 0 Å². The van der Waals surface area contributed by atoms with Crippen LogP contribution < -0.4 is 10.1 Å². The smallest absolute Gasteiger partial charge is 0.416 e. The van der Waals surface area contributed by atoms with Crippen molar-refractivity contribution in [2.24, 2.45) is 0 Å². The van der Waals surface area contributed by atoms with Crippen LogP contribution in [0.4, 0.5) is 18.9 Å². The van der Waals surface area contributed by atoms with Crippen LogP contribution in [0.2, 0.25) is 5.02 Å². The number of rotatable bonds is 6. The molecule has 0 saturated heterocycles. The molecule has 0 heterocycles. The number of halogens is 5. The van der Waals surface area contributed by atoms with Gasteiger partial charge < -0.3 is 10.1 Å². The van der Waals surface area contributed by atoms with E-state index in [0.29, 0.717) is 16.1 Å². The molecule has 1 atom stereocenters. The van der Waals surface area contributed by atoms with Crippen molar-refractivity contribution < 1.29 is 22.7 Å². The Morgan fingerprint density at radius 3 is 2.56 bits per heavy atom. The second-order valence-corrected chi connectivity index (χ2v) is 7.29. The Morgan fingerprint density at radius 1 is 1.26 bits per heavy atom. The highest BCUT2D eigenvalue weighted by atomic mass is 79.9. The number of alkyl halides is 3. The van der Waals surface area contributed by atoms with Gasteiger partial charge in [-0.25, -0.2) is 0 Å². The average Bonchev–Trinajstić information content (AvgIpc) is 2.60. The molecule has 3 nitrogen and oxygen atoms in total. The summed E-state index contributed by atoms with van der Waals surface area (Å²) in [6.07, 6.45) is -3.53. The number of hydrogen-bond donors (Lipinski definition) is 1. The van der Waals surface area contributed by atoms with Crippen molar-refractivity contribution >= 4 is 39.1 Å². The van der Waals surface area contributed by atoms with E-state index in [0.717, 1.165) is 30.2 Å². The Bertz CT molecular complexity index is 827. The van der Waals surface area contributed by atoms with E-state index in [1.54, 1.807) is 6.07 Å². The van der Waals surface area contributed by atoms with Crippen LogP contribution in [0.1, 0.15) is 37.3 Å². The molecule has 27 heavy (non-hydrogen) atoms. The molecule has 0 saturated carbocycles. The molecular formula is C19H18BrClF3NO2. The number of carbonyl (C=O) groups excluding carboxylic acids is 1. The molecule has 1 unspecified atom stereocenters. The maximum absolute atomic E-state index is 12.8. The zero-order valence-electron chi connectivity index (χ0n) is 14.7. The van der Waals surface area contributed by atoms with Crippen molar-refractivity contribution in [1.82, 2.24) is 0 Å². The zero-order valence-corrected chi connectivity index (χ0v) is 17.0.